The molecule has 2 heteroatoms. The summed E-state index contributed by atoms with van der Waals surface area (Å²) in [5.41, 5.74) is 0. The van der Waals surface area contributed by atoms with Gasteiger partial charge in [-0.25, -0.2) is 0 Å². The van der Waals surface area contributed by atoms with Gasteiger partial charge in [-0.2, -0.15) is 0 Å². The fourth-order valence-electron chi connectivity index (χ4n) is 1.39. The first-order valence-corrected chi connectivity index (χ1v) is 6.48. The number of rotatable bonds is 4. The molecule has 0 saturated carbocycles. The smallest absolute Gasteiger partial charge is 0.162 e. The largest absolute Gasteiger partial charge is 0.294 e. The molecule has 1 rings (SSSR count). The van der Waals surface area contributed by atoms with Gasteiger partial charge >= 0.3 is 0 Å². The van der Waals surface area contributed by atoms with Crippen molar-refractivity contribution in [2.24, 2.45) is 5.92 Å². The van der Waals surface area contributed by atoms with Crippen LogP contribution in [0.5, 0.6) is 0 Å². The third-order valence-electron chi connectivity index (χ3n) is 2.20. The fraction of sp³-hybridized carbons (Fsp3) is 0.417. The third kappa shape index (κ3) is 4.22. The number of unbranched alkanes of at least 4 members (excludes halogenated alkanes) is 1. The van der Waals surface area contributed by atoms with E-state index in [1.807, 2.05) is 30.4 Å². The van der Waals surface area contributed by atoms with Gasteiger partial charge in [-0.05, 0) is 23.3 Å². The molecular weight excluding hydrogens is 287 g/mol. The SMILES string of the molecule is O=C1\C=C/C=C\C=C/C1CCCCI. The molecule has 0 heterocycles. The van der Waals surface area contributed by atoms with Crippen LogP contribution in [0.15, 0.2) is 36.5 Å². The highest BCUT2D eigenvalue weighted by atomic mass is 127. The van der Waals surface area contributed by atoms with Gasteiger partial charge < -0.3 is 0 Å². The minimum Gasteiger partial charge on any atom is -0.294 e. The van der Waals surface area contributed by atoms with Crippen molar-refractivity contribution in [2.45, 2.75) is 19.3 Å². The highest BCUT2D eigenvalue weighted by molar-refractivity contribution is 14.1. The quantitative estimate of drug-likeness (QED) is 0.441. The zero-order valence-corrected chi connectivity index (χ0v) is 10.3. The number of carbonyl (C=O) groups is 1. The molecule has 0 N–H and O–H groups in total. The summed E-state index contributed by atoms with van der Waals surface area (Å²) < 4.78 is 1.18. The molecule has 0 aromatic heterocycles. The molecule has 0 fully saturated rings. The van der Waals surface area contributed by atoms with Gasteiger partial charge in [0.1, 0.15) is 0 Å². The lowest BCUT2D eigenvalue weighted by Gasteiger charge is -2.08. The van der Waals surface area contributed by atoms with Gasteiger partial charge in [0.25, 0.3) is 0 Å². The van der Waals surface area contributed by atoms with Crippen LogP contribution in [0.25, 0.3) is 0 Å². The molecule has 0 aliphatic heterocycles. The summed E-state index contributed by atoms with van der Waals surface area (Å²) in [5, 5.41) is 0. The summed E-state index contributed by atoms with van der Waals surface area (Å²) in [7, 11) is 0. The van der Waals surface area contributed by atoms with Crippen LogP contribution < -0.4 is 0 Å². The van der Waals surface area contributed by atoms with Gasteiger partial charge in [-0.3, -0.25) is 4.79 Å². The second-order valence-corrected chi connectivity index (χ2v) is 4.40. The number of ketones is 1. The predicted molar refractivity (Wildman–Crippen MR) is 68.7 cm³/mol. The van der Waals surface area contributed by atoms with Crippen molar-refractivity contribution in [3.63, 3.8) is 0 Å². The molecule has 0 bridgehead atoms. The Morgan fingerprint density at radius 2 is 1.93 bits per heavy atom. The van der Waals surface area contributed by atoms with Crippen molar-refractivity contribution in [3.05, 3.63) is 36.5 Å². The Labute approximate surface area is 99.1 Å². The van der Waals surface area contributed by atoms with E-state index in [9.17, 15) is 4.79 Å². The van der Waals surface area contributed by atoms with Crippen LogP contribution in [0.4, 0.5) is 0 Å². The highest BCUT2D eigenvalue weighted by Crippen LogP contribution is 2.14. The lowest BCUT2D eigenvalue weighted by atomic mass is 9.95. The Morgan fingerprint density at radius 1 is 1.14 bits per heavy atom. The maximum Gasteiger partial charge on any atom is 0.162 e. The van der Waals surface area contributed by atoms with Crippen molar-refractivity contribution in [2.75, 3.05) is 4.43 Å². The second kappa shape index (κ2) is 6.98. The molecule has 0 saturated heterocycles. The van der Waals surface area contributed by atoms with Crippen molar-refractivity contribution in [3.8, 4) is 0 Å². The number of hydrogen-bond acceptors (Lipinski definition) is 1. The van der Waals surface area contributed by atoms with E-state index >= 15 is 0 Å². The van der Waals surface area contributed by atoms with Gasteiger partial charge in [0.2, 0.25) is 0 Å². The zero-order valence-electron chi connectivity index (χ0n) is 8.16. The van der Waals surface area contributed by atoms with Crippen LogP contribution in [0, 0.1) is 5.92 Å². The van der Waals surface area contributed by atoms with E-state index < -0.39 is 0 Å². The molecule has 0 aromatic carbocycles. The lowest BCUT2D eigenvalue weighted by Crippen LogP contribution is -2.09. The van der Waals surface area contributed by atoms with Gasteiger partial charge in [-0.1, -0.05) is 59.4 Å². The third-order valence-corrected chi connectivity index (χ3v) is 2.96. The lowest BCUT2D eigenvalue weighted by molar-refractivity contribution is -0.117. The van der Waals surface area contributed by atoms with Gasteiger partial charge in [0.05, 0.1) is 0 Å². The molecule has 0 radical (unpaired) electrons. The Kier molecular flexibility index (Phi) is 5.83. The molecule has 1 atom stereocenters. The Morgan fingerprint density at radius 3 is 2.71 bits per heavy atom. The van der Waals surface area contributed by atoms with Crippen LogP contribution in [0.2, 0.25) is 0 Å². The molecule has 1 aliphatic carbocycles. The maximum atomic E-state index is 11.6. The van der Waals surface area contributed by atoms with Crippen LogP contribution >= 0.6 is 22.6 Å². The molecule has 76 valence electrons. The summed E-state index contributed by atoms with van der Waals surface area (Å²) in [4.78, 5) is 11.6. The van der Waals surface area contributed by atoms with Crippen molar-refractivity contribution < 1.29 is 4.79 Å². The van der Waals surface area contributed by atoms with E-state index in [1.54, 1.807) is 6.08 Å². The first-order valence-electron chi connectivity index (χ1n) is 4.96. The highest BCUT2D eigenvalue weighted by Gasteiger charge is 2.11. The summed E-state index contributed by atoms with van der Waals surface area (Å²) in [5.74, 6) is 0.332. The van der Waals surface area contributed by atoms with E-state index in [2.05, 4.69) is 22.6 Å². The predicted octanol–water partition coefficient (Wildman–Crippen LogP) is 3.46. The molecule has 0 spiro atoms. The Balaban J connectivity index is 2.48. The zero-order chi connectivity index (χ0) is 10.2. The normalized spacial score (nSPS) is 27.8. The van der Waals surface area contributed by atoms with Gasteiger partial charge in [0.15, 0.2) is 5.78 Å². The van der Waals surface area contributed by atoms with Crippen molar-refractivity contribution in [1.82, 2.24) is 0 Å². The van der Waals surface area contributed by atoms with E-state index in [0.29, 0.717) is 0 Å². The van der Waals surface area contributed by atoms with E-state index in [1.165, 1.54) is 10.8 Å². The topological polar surface area (TPSA) is 17.1 Å². The fourth-order valence-corrected chi connectivity index (χ4v) is 1.93. The van der Waals surface area contributed by atoms with Gasteiger partial charge in [-0.15, -0.1) is 0 Å². The number of allylic oxidation sites excluding steroid dienone is 6. The van der Waals surface area contributed by atoms with Crippen LogP contribution in [-0.2, 0) is 4.79 Å². The number of alkyl halides is 1. The molecule has 0 amide bonds. The Bertz CT molecular complexity index is 263. The average molecular weight is 302 g/mol. The monoisotopic (exact) mass is 302 g/mol. The molecule has 0 aromatic rings. The second-order valence-electron chi connectivity index (χ2n) is 3.32. The van der Waals surface area contributed by atoms with Crippen molar-refractivity contribution >= 4 is 28.4 Å². The molecule has 1 aliphatic rings. The summed E-state index contributed by atoms with van der Waals surface area (Å²) in [6.07, 6.45) is 14.6. The van der Waals surface area contributed by atoms with Gasteiger partial charge in [0, 0.05) is 5.92 Å². The summed E-state index contributed by atoms with van der Waals surface area (Å²) in [6.45, 7) is 0. The van der Waals surface area contributed by atoms with Crippen molar-refractivity contribution in [1.29, 1.82) is 0 Å². The first-order chi connectivity index (χ1) is 6.84. The molecule has 14 heavy (non-hydrogen) atoms. The minimum absolute atomic E-state index is 0.0964. The van der Waals surface area contributed by atoms with Crippen LogP contribution in [-0.4, -0.2) is 10.2 Å². The number of carbonyl (C=O) groups excluding carboxylic acids is 1. The first kappa shape index (κ1) is 11.7. The summed E-state index contributed by atoms with van der Waals surface area (Å²) in [6, 6.07) is 0. The standard InChI is InChI=1S/C12H15IO/c13-10-6-5-8-11-7-3-1-2-4-9-12(11)14/h1-4,7,9,11H,5-6,8,10H2/b2-1-,7-3-,9-4-. The summed E-state index contributed by atoms with van der Waals surface area (Å²) >= 11 is 2.37. The molecular formula is C12H15IO. The van der Waals surface area contributed by atoms with E-state index in [4.69, 9.17) is 0 Å². The molecule has 1 unspecified atom stereocenters. The van der Waals surface area contributed by atoms with E-state index in [0.717, 1.165) is 12.8 Å². The van der Waals surface area contributed by atoms with Crippen LogP contribution in [0.3, 0.4) is 0 Å². The number of hydrogen-bond donors (Lipinski definition) is 0. The number of halogens is 1. The van der Waals surface area contributed by atoms with Crippen LogP contribution in [0.1, 0.15) is 19.3 Å². The minimum atomic E-state index is 0.0964. The maximum absolute atomic E-state index is 11.6. The Hall–Kier alpha value is -0.380. The average Bonchev–Trinajstić information content (AvgIpc) is 2.17. The molecule has 1 nitrogen and oxygen atoms in total. The van der Waals surface area contributed by atoms with E-state index in [-0.39, 0.29) is 11.7 Å².